The molecule has 2 aromatic carbocycles. The van der Waals surface area contributed by atoms with Crippen LogP contribution < -0.4 is 15.4 Å². The van der Waals surface area contributed by atoms with Gasteiger partial charge in [-0.25, -0.2) is 4.98 Å². The number of rotatable bonds is 2. The van der Waals surface area contributed by atoms with Crippen molar-refractivity contribution in [1.82, 2.24) is 4.98 Å². The number of hydrogen-bond acceptors (Lipinski definition) is 5. The second kappa shape index (κ2) is 5.72. The molecule has 4 rings (SSSR count). The Kier molecular flexibility index (Phi) is 3.63. The smallest absolute Gasteiger partial charge is 0.280 e. The van der Waals surface area contributed by atoms with Crippen LogP contribution in [0.4, 0.5) is 10.8 Å². The average Bonchev–Trinajstić information content (AvgIpc) is 2.97. The first-order valence-electron chi connectivity index (χ1n) is 7.43. The van der Waals surface area contributed by atoms with Crippen molar-refractivity contribution in [3.05, 3.63) is 47.5 Å². The van der Waals surface area contributed by atoms with Crippen LogP contribution in [-0.2, 0) is 9.59 Å². The highest BCUT2D eigenvalue weighted by atomic mass is 35.5. The highest BCUT2D eigenvalue weighted by Crippen LogP contribution is 2.34. The lowest BCUT2D eigenvalue weighted by Crippen LogP contribution is -2.56. The number of benzene rings is 2. The van der Waals surface area contributed by atoms with Crippen LogP contribution in [0.3, 0.4) is 0 Å². The number of ether oxygens (including phenoxy) is 1. The molecule has 126 valence electrons. The monoisotopic (exact) mass is 373 g/mol. The van der Waals surface area contributed by atoms with Crippen molar-refractivity contribution in [2.24, 2.45) is 0 Å². The molecule has 1 aromatic heterocycles. The third-order valence-electron chi connectivity index (χ3n) is 3.89. The minimum absolute atomic E-state index is 0.374. The number of para-hydroxylation sites is 2. The van der Waals surface area contributed by atoms with Gasteiger partial charge in [-0.1, -0.05) is 35.1 Å². The van der Waals surface area contributed by atoms with E-state index in [2.05, 4.69) is 15.6 Å². The molecule has 1 atom stereocenters. The van der Waals surface area contributed by atoms with Crippen LogP contribution in [0.1, 0.15) is 6.92 Å². The Bertz CT molecular complexity index is 1020. The van der Waals surface area contributed by atoms with E-state index in [1.54, 1.807) is 42.5 Å². The van der Waals surface area contributed by atoms with Gasteiger partial charge in [0.2, 0.25) is 0 Å². The summed E-state index contributed by atoms with van der Waals surface area (Å²) < 4.78 is 6.53. The van der Waals surface area contributed by atoms with E-state index in [4.69, 9.17) is 16.3 Å². The molecule has 0 fully saturated rings. The van der Waals surface area contributed by atoms with E-state index in [1.807, 2.05) is 0 Å². The Labute approximate surface area is 151 Å². The molecule has 1 aliphatic heterocycles. The van der Waals surface area contributed by atoms with Gasteiger partial charge in [0, 0.05) is 5.02 Å². The fourth-order valence-corrected chi connectivity index (χ4v) is 3.62. The molecular weight excluding hydrogens is 362 g/mol. The molecule has 0 bridgehead atoms. The Morgan fingerprint density at radius 2 is 2.12 bits per heavy atom. The lowest BCUT2D eigenvalue weighted by atomic mass is 10.0. The molecule has 0 spiro atoms. The number of nitrogens with zero attached hydrogens (tertiary/aromatic N) is 1. The molecule has 0 saturated heterocycles. The van der Waals surface area contributed by atoms with Gasteiger partial charge in [0.25, 0.3) is 17.4 Å². The molecule has 25 heavy (non-hydrogen) atoms. The Morgan fingerprint density at radius 1 is 1.32 bits per heavy atom. The molecule has 2 N–H and O–H groups in total. The van der Waals surface area contributed by atoms with Crippen LogP contribution >= 0.6 is 22.9 Å². The van der Waals surface area contributed by atoms with Crippen molar-refractivity contribution >= 4 is 55.8 Å². The predicted molar refractivity (Wildman–Crippen MR) is 97.4 cm³/mol. The molecular formula is C17H12ClN3O3S. The molecule has 0 saturated carbocycles. The van der Waals surface area contributed by atoms with Crippen molar-refractivity contribution in [3.63, 3.8) is 0 Å². The minimum atomic E-state index is -1.69. The molecule has 3 aromatic rings. The lowest BCUT2D eigenvalue weighted by Gasteiger charge is -2.32. The zero-order valence-electron chi connectivity index (χ0n) is 13.0. The SMILES string of the molecule is C[C@]1(C(=O)Nc2nc3ccc(Cl)cc3s2)Oc2ccccc2NC1=O. The van der Waals surface area contributed by atoms with Gasteiger partial charge in [-0.05, 0) is 37.3 Å². The summed E-state index contributed by atoms with van der Waals surface area (Å²) in [6.07, 6.45) is 0. The summed E-state index contributed by atoms with van der Waals surface area (Å²) >= 11 is 7.24. The summed E-state index contributed by atoms with van der Waals surface area (Å²) in [6.45, 7) is 1.43. The molecule has 0 unspecified atom stereocenters. The zero-order chi connectivity index (χ0) is 17.6. The number of fused-ring (bicyclic) bond motifs is 2. The number of carbonyl (C=O) groups excluding carboxylic acids is 2. The van der Waals surface area contributed by atoms with Gasteiger partial charge in [-0.2, -0.15) is 0 Å². The maximum Gasteiger partial charge on any atom is 0.280 e. The van der Waals surface area contributed by atoms with Gasteiger partial charge < -0.3 is 10.1 Å². The molecule has 6 nitrogen and oxygen atoms in total. The van der Waals surface area contributed by atoms with E-state index in [-0.39, 0.29) is 0 Å². The zero-order valence-corrected chi connectivity index (χ0v) is 14.6. The molecule has 2 amide bonds. The van der Waals surface area contributed by atoms with Crippen molar-refractivity contribution < 1.29 is 14.3 Å². The molecule has 0 aliphatic carbocycles. The molecule has 8 heteroatoms. The number of halogens is 1. The largest absolute Gasteiger partial charge is 0.466 e. The fraction of sp³-hybridized carbons (Fsp3) is 0.118. The Morgan fingerprint density at radius 3 is 2.96 bits per heavy atom. The average molecular weight is 374 g/mol. The van der Waals surface area contributed by atoms with E-state index in [1.165, 1.54) is 18.3 Å². The van der Waals surface area contributed by atoms with Crippen molar-refractivity contribution in [3.8, 4) is 5.75 Å². The number of aromatic nitrogens is 1. The van der Waals surface area contributed by atoms with E-state index < -0.39 is 17.4 Å². The summed E-state index contributed by atoms with van der Waals surface area (Å²) in [7, 11) is 0. The second-order valence-corrected chi connectivity index (χ2v) is 7.14. The van der Waals surface area contributed by atoms with Gasteiger partial charge in [-0.15, -0.1) is 0 Å². The Balaban J connectivity index is 1.62. The van der Waals surface area contributed by atoms with Crippen LogP contribution in [0.15, 0.2) is 42.5 Å². The van der Waals surface area contributed by atoms with E-state index in [0.29, 0.717) is 27.1 Å². The van der Waals surface area contributed by atoms with Gasteiger partial charge in [-0.3, -0.25) is 14.9 Å². The number of amides is 2. The van der Waals surface area contributed by atoms with Gasteiger partial charge in [0.05, 0.1) is 15.9 Å². The maximum atomic E-state index is 12.7. The number of thiazole rings is 1. The highest BCUT2D eigenvalue weighted by molar-refractivity contribution is 7.22. The molecule has 1 aliphatic rings. The summed E-state index contributed by atoms with van der Waals surface area (Å²) in [5, 5.41) is 6.32. The third kappa shape index (κ3) is 2.71. The summed E-state index contributed by atoms with van der Waals surface area (Å²) in [5.74, 6) is -0.687. The quantitative estimate of drug-likeness (QED) is 0.671. The van der Waals surface area contributed by atoms with Gasteiger partial charge in [0.1, 0.15) is 5.75 Å². The van der Waals surface area contributed by atoms with Crippen LogP contribution in [0, 0.1) is 0 Å². The predicted octanol–water partition coefficient (Wildman–Crippen LogP) is 3.68. The summed E-state index contributed by atoms with van der Waals surface area (Å²) in [6, 6.07) is 12.2. The van der Waals surface area contributed by atoms with Crippen LogP contribution in [0.5, 0.6) is 5.75 Å². The van der Waals surface area contributed by atoms with Crippen molar-refractivity contribution in [2.75, 3.05) is 10.6 Å². The standard InChI is InChI=1S/C17H12ClN3O3S/c1-17(14(22)19-10-4-2-3-5-12(10)24-17)15(23)21-16-20-11-7-6-9(18)8-13(11)25-16/h2-8H,1H3,(H,19,22)(H,20,21,23)/t17-/m0/s1. The summed E-state index contributed by atoms with van der Waals surface area (Å²) in [5.41, 5.74) is -0.439. The topological polar surface area (TPSA) is 80.3 Å². The first-order valence-corrected chi connectivity index (χ1v) is 8.62. The minimum Gasteiger partial charge on any atom is -0.466 e. The number of hydrogen-bond donors (Lipinski definition) is 2. The lowest BCUT2D eigenvalue weighted by molar-refractivity contribution is -0.143. The van der Waals surface area contributed by atoms with Crippen LogP contribution in [-0.4, -0.2) is 22.4 Å². The van der Waals surface area contributed by atoms with Gasteiger partial charge >= 0.3 is 0 Å². The molecule has 0 radical (unpaired) electrons. The number of anilines is 2. The highest BCUT2D eigenvalue weighted by Gasteiger charge is 2.47. The first-order chi connectivity index (χ1) is 12.0. The van der Waals surface area contributed by atoms with Crippen LogP contribution in [0.2, 0.25) is 5.02 Å². The fourth-order valence-electron chi connectivity index (χ4n) is 2.48. The van der Waals surface area contributed by atoms with E-state index in [9.17, 15) is 9.59 Å². The Hall–Kier alpha value is -2.64. The van der Waals surface area contributed by atoms with E-state index in [0.717, 1.165) is 4.70 Å². The number of nitrogens with one attached hydrogen (secondary N) is 2. The van der Waals surface area contributed by atoms with Crippen LogP contribution in [0.25, 0.3) is 10.2 Å². The van der Waals surface area contributed by atoms with Gasteiger partial charge in [0.15, 0.2) is 5.13 Å². The second-order valence-electron chi connectivity index (χ2n) is 5.67. The third-order valence-corrected chi connectivity index (χ3v) is 5.06. The normalized spacial score (nSPS) is 19.0. The summed E-state index contributed by atoms with van der Waals surface area (Å²) in [4.78, 5) is 29.4. The van der Waals surface area contributed by atoms with E-state index >= 15 is 0 Å². The van der Waals surface area contributed by atoms with Crippen molar-refractivity contribution in [2.45, 2.75) is 12.5 Å². The maximum absolute atomic E-state index is 12.7. The molecule has 2 heterocycles. The number of carbonyl (C=O) groups is 2. The van der Waals surface area contributed by atoms with Crippen molar-refractivity contribution in [1.29, 1.82) is 0 Å². The first kappa shape index (κ1) is 15.9.